The molecule has 2 atom stereocenters. The number of anilines is 1. The van der Waals surface area contributed by atoms with Crippen LogP contribution >= 0.6 is 0 Å². The van der Waals surface area contributed by atoms with Crippen LogP contribution in [0.4, 0.5) is 10.1 Å². The van der Waals surface area contributed by atoms with Gasteiger partial charge < -0.3 is 10.2 Å². The second-order valence-corrected chi connectivity index (χ2v) is 10.1. The molecule has 1 heterocycles. The highest BCUT2D eigenvalue weighted by molar-refractivity contribution is 7.89. The molecule has 0 radical (unpaired) electrons. The lowest BCUT2D eigenvalue weighted by molar-refractivity contribution is -0.123. The largest absolute Gasteiger partial charge is 0.351 e. The maximum atomic E-state index is 13.0. The van der Waals surface area contributed by atoms with E-state index < -0.39 is 22.0 Å². The Labute approximate surface area is 188 Å². The number of benzene rings is 2. The van der Waals surface area contributed by atoms with E-state index in [0.29, 0.717) is 17.7 Å². The average Bonchev–Trinajstić information content (AvgIpc) is 3.06. The number of hydrogen-bond acceptors (Lipinski definition) is 4. The molecule has 1 aliphatic heterocycles. The van der Waals surface area contributed by atoms with Crippen molar-refractivity contribution in [1.29, 1.82) is 0 Å². The molecule has 0 bridgehead atoms. The van der Waals surface area contributed by atoms with E-state index in [-0.39, 0.29) is 35.1 Å². The van der Waals surface area contributed by atoms with Crippen LogP contribution in [0, 0.1) is 11.7 Å². The monoisotopic (exact) mass is 461 g/mol. The zero-order valence-electron chi connectivity index (χ0n) is 18.6. The Kier molecular flexibility index (Phi) is 7.00. The van der Waals surface area contributed by atoms with Crippen LogP contribution in [-0.2, 0) is 32.6 Å². The minimum Gasteiger partial charge on any atom is -0.351 e. The number of amides is 2. The van der Waals surface area contributed by atoms with Crippen molar-refractivity contribution < 1.29 is 22.4 Å². The molecule has 32 heavy (non-hydrogen) atoms. The molecule has 3 rings (SSSR count). The summed E-state index contributed by atoms with van der Waals surface area (Å²) >= 11 is 0. The highest BCUT2D eigenvalue weighted by atomic mass is 32.2. The van der Waals surface area contributed by atoms with Crippen LogP contribution in [0.15, 0.2) is 47.4 Å². The van der Waals surface area contributed by atoms with E-state index in [1.165, 1.54) is 25.1 Å². The number of carbonyl (C=O) groups excluding carboxylic acids is 2. The first-order chi connectivity index (χ1) is 15.0. The number of rotatable bonds is 7. The van der Waals surface area contributed by atoms with E-state index in [4.69, 9.17) is 0 Å². The molecule has 2 N–H and O–H groups in total. The Hall–Kier alpha value is -2.78. The van der Waals surface area contributed by atoms with Gasteiger partial charge in [0.05, 0.1) is 4.90 Å². The molecule has 0 fully saturated rings. The van der Waals surface area contributed by atoms with Crippen LogP contribution in [-0.4, -0.2) is 32.3 Å². The molecule has 0 spiro atoms. The van der Waals surface area contributed by atoms with Crippen molar-refractivity contribution in [3.05, 3.63) is 59.4 Å². The quantitative estimate of drug-likeness (QED) is 0.663. The minimum atomic E-state index is -3.98. The van der Waals surface area contributed by atoms with Gasteiger partial charge in [-0.1, -0.05) is 26.0 Å². The summed E-state index contributed by atoms with van der Waals surface area (Å²) in [6, 6.07) is 9.32. The van der Waals surface area contributed by atoms with Crippen molar-refractivity contribution in [3.63, 3.8) is 0 Å². The van der Waals surface area contributed by atoms with Crippen molar-refractivity contribution in [3.8, 4) is 0 Å². The normalized spacial score (nSPS) is 16.7. The zero-order chi connectivity index (χ0) is 23.6. The van der Waals surface area contributed by atoms with Crippen LogP contribution in [0.3, 0.4) is 0 Å². The fraction of sp³-hybridized carbons (Fsp3) is 0.391. The summed E-state index contributed by atoms with van der Waals surface area (Å²) in [7, 11) is -3.98. The van der Waals surface area contributed by atoms with Gasteiger partial charge in [-0.2, -0.15) is 4.72 Å². The summed E-state index contributed by atoms with van der Waals surface area (Å²) < 4.78 is 41.7. The molecule has 2 amide bonds. The summed E-state index contributed by atoms with van der Waals surface area (Å²) in [6.07, 6.45) is 0.560. The lowest BCUT2D eigenvalue weighted by Gasteiger charge is -2.22. The van der Waals surface area contributed by atoms with E-state index in [9.17, 15) is 22.4 Å². The molecule has 1 aliphatic rings. The van der Waals surface area contributed by atoms with Crippen molar-refractivity contribution in [2.24, 2.45) is 5.92 Å². The van der Waals surface area contributed by atoms with Crippen LogP contribution in [0.1, 0.15) is 38.8 Å². The Bertz CT molecular complexity index is 1120. The van der Waals surface area contributed by atoms with Gasteiger partial charge in [-0.15, -0.1) is 0 Å². The van der Waals surface area contributed by atoms with Crippen molar-refractivity contribution in [2.75, 3.05) is 4.90 Å². The number of nitrogens with one attached hydrogen (secondary N) is 2. The van der Waals surface area contributed by atoms with Gasteiger partial charge in [-0.25, -0.2) is 12.8 Å². The molecule has 2 aromatic carbocycles. The van der Waals surface area contributed by atoms with Gasteiger partial charge in [0, 0.05) is 25.2 Å². The van der Waals surface area contributed by atoms with Crippen LogP contribution < -0.4 is 14.9 Å². The number of sulfonamides is 1. The average molecular weight is 462 g/mol. The highest BCUT2D eigenvalue weighted by Crippen LogP contribution is 2.34. The number of nitrogens with zero attached hydrogens (tertiary/aromatic N) is 1. The lowest BCUT2D eigenvalue weighted by atomic mass is 10.0. The third-order valence-electron chi connectivity index (χ3n) is 5.53. The maximum absolute atomic E-state index is 13.0. The fourth-order valence-electron chi connectivity index (χ4n) is 3.88. The van der Waals surface area contributed by atoms with E-state index in [0.717, 1.165) is 5.56 Å². The van der Waals surface area contributed by atoms with E-state index >= 15 is 0 Å². The van der Waals surface area contributed by atoms with Crippen molar-refractivity contribution in [2.45, 2.75) is 57.6 Å². The Balaban J connectivity index is 1.75. The van der Waals surface area contributed by atoms with Gasteiger partial charge in [0.25, 0.3) is 0 Å². The second-order valence-electron chi connectivity index (χ2n) is 8.42. The fourth-order valence-corrected chi connectivity index (χ4v) is 5.28. The predicted octanol–water partition coefficient (Wildman–Crippen LogP) is 2.74. The van der Waals surface area contributed by atoms with E-state index in [1.54, 1.807) is 43.0 Å². The molecule has 0 aliphatic carbocycles. The van der Waals surface area contributed by atoms with Gasteiger partial charge in [-0.3, -0.25) is 9.59 Å². The summed E-state index contributed by atoms with van der Waals surface area (Å²) in [5.74, 6) is -1.24. The van der Waals surface area contributed by atoms with Crippen LogP contribution in [0.5, 0.6) is 0 Å². The summed E-state index contributed by atoms with van der Waals surface area (Å²) in [5.41, 5.74) is 2.19. The number of halogens is 1. The maximum Gasteiger partial charge on any atom is 0.241 e. The standard InChI is InChI=1S/C23H28FN3O4S/c1-14(2)22(23(29)25-13-17-5-7-19(24)8-6-17)26-32(30,31)20-9-10-21-18(12-20)11-15(3)27(21)16(4)28/h5-10,12,14-15,22,26H,11,13H2,1-4H3,(H,25,29)/t15-,22-/m0/s1. The second kappa shape index (κ2) is 9.38. The molecular formula is C23H28FN3O4S. The predicted molar refractivity (Wildman–Crippen MR) is 120 cm³/mol. The number of fused-ring (bicyclic) bond motifs is 1. The molecular weight excluding hydrogens is 433 g/mol. The first kappa shape index (κ1) is 23.9. The summed E-state index contributed by atoms with van der Waals surface area (Å²) in [4.78, 5) is 26.3. The topological polar surface area (TPSA) is 95.6 Å². The minimum absolute atomic E-state index is 0.0471. The third kappa shape index (κ3) is 5.16. The van der Waals surface area contributed by atoms with Gasteiger partial charge in [0.2, 0.25) is 21.8 Å². The molecule has 2 aromatic rings. The Morgan fingerprint density at radius 1 is 1.16 bits per heavy atom. The summed E-state index contributed by atoms with van der Waals surface area (Å²) in [6.45, 7) is 7.05. The number of hydrogen-bond donors (Lipinski definition) is 2. The SMILES string of the molecule is CC(=O)N1c2ccc(S(=O)(=O)N[C@H](C(=O)NCc3ccc(F)cc3)C(C)C)cc2C[C@@H]1C. The summed E-state index contributed by atoms with van der Waals surface area (Å²) in [5, 5.41) is 2.71. The van der Waals surface area contributed by atoms with E-state index in [1.807, 2.05) is 6.92 Å². The molecule has 7 nitrogen and oxygen atoms in total. The van der Waals surface area contributed by atoms with Crippen LogP contribution in [0.2, 0.25) is 0 Å². The van der Waals surface area contributed by atoms with Gasteiger partial charge in [-0.05, 0) is 60.7 Å². The molecule has 0 saturated heterocycles. The Morgan fingerprint density at radius 2 is 1.81 bits per heavy atom. The molecule has 0 saturated carbocycles. The smallest absolute Gasteiger partial charge is 0.241 e. The molecule has 0 aromatic heterocycles. The third-order valence-corrected chi connectivity index (χ3v) is 6.97. The molecule has 0 unspecified atom stereocenters. The van der Waals surface area contributed by atoms with Crippen LogP contribution in [0.25, 0.3) is 0 Å². The van der Waals surface area contributed by atoms with Gasteiger partial charge >= 0.3 is 0 Å². The molecule has 172 valence electrons. The van der Waals surface area contributed by atoms with Gasteiger partial charge in [0.15, 0.2) is 0 Å². The number of carbonyl (C=O) groups is 2. The lowest BCUT2D eigenvalue weighted by Crippen LogP contribution is -2.49. The highest BCUT2D eigenvalue weighted by Gasteiger charge is 2.32. The van der Waals surface area contributed by atoms with Crippen molar-refractivity contribution in [1.82, 2.24) is 10.0 Å². The van der Waals surface area contributed by atoms with E-state index in [2.05, 4.69) is 10.0 Å². The zero-order valence-corrected chi connectivity index (χ0v) is 19.4. The van der Waals surface area contributed by atoms with Gasteiger partial charge in [0.1, 0.15) is 11.9 Å². The molecule has 9 heteroatoms. The first-order valence-corrected chi connectivity index (χ1v) is 11.9. The Morgan fingerprint density at radius 3 is 2.41 bits per heavy atom. The first-order valence-electron chi connectivity index (χ1n) is 10.5. The van der Waals surface area contributed by atoms with Crippen molar-refractivity contribution >= 4 is 27.5 Å².